The molecule has 0 aromatic heterocycles. The zero-order chi connectivity index (χ0) is 11.8. The molecular formula is C14H22O2. The van der Waals surface area contributed by atoms with Crippen molar-refractivity contribution in [2.75, 3.05) is 7.11 Å². The Bertz CT molecular complexity index is 307. The summed E-state index contributed by atoms with van der Waals surface area (Å²) in [7, 11) is 1.49. The molecule has 0 radical (unpaired) electrons. The van der Waals surface area contributed by atoms with Crippen molar-refractivity contribution in [2.45, 2.75) is 46.0 Å². The molecule has 0 aliphatic heterocycles. The monoisotopic (exact) mass is 222 g/mol. The van der Waals surface area contributed by atoms with Gasteiger partial charge in [-0.15, -0.1) is 0 Å². The van der Waals surface area contributed by atoms with Crippen molar-refractivity contribution in [1.29, 1.82) is 0 Å². The number of methoxy groups -OCH3 is 1. The van der Waals surface area contributed by atoms with Crippen LogP contribution in [0.1, 0.15) is 46.0 Å². The normalized spacial score (nSPS) is 32.1. The SMILES string of the molecule is COC(=O)[C@@H]1[C@H](C=C2CCCCC2)C1(C)C. The maximum absolute atomic E-state index is 11.6. The third-order valence-corrected chi connectivity index (χ3v) is 4.28. The van der Waals surface area contributed by atoms with Crippen molar-refractivity contribution >= 4 is 5.97 Å². The minimum Gasteiger partial charge on any atom is -0.469 e. The van der Waals surface area contributed by atoms with E-state index in [0.717, 1.165) is 0 Å². The zero-order valence-electron chi connectivity index (χ0n) is 10.6. The van der Waals surface area contributed by atoms with E-state index in [0.29, 0.717) is 5.92 Å². The summed E-state index contributed by atoms with van der Waals surface area (Å²) in [6, 6.07) is 0. The Labute approximate surface area is 98.1 Å². The Kier molecular flexibility index (Phi) is 3.09. The second-order valence-electron chi connectivity index (χ2n) is 5.73. The Hall–Kier alpha value is -0.790. The smallest absolute Gasteiger partial charge is 0.309 e. The molecule has 2 aliphatic carbocycles. The second kappa shape index (κ2) is 4.23. The van der Waals surface area contributed by atoms with Crippen LogP contribution in [0.3, 0.4) is 0 Å². The molecule has 0 N–H and O–H groups in total. The third kappa shape index (κ3) is 2.02. The van der Waals surface area contributed by atoms with Gasteiger partial charge in [-0.3, -0.25) is 4.79 Å². The number of carbonyl (C=O) groups excluding carboxylic acids is 1. The average molecular weight is 222 g/mol. The van der Waals surface area contributed by atoms with Crippen LogP contribution >= 0.6 is 0 Å². The zero-order valence-corrected chi connectivity index (χ0v) is 10.6. The first kappa shape index (κ1) is 11.7. The van der Waals surface area contributed by atoms with Gasteiger partial charge in [0.15, 0.2) is 0 Å². The number of hydrogen-bond donors (Lipinski definition) is 0. The first-order chi connectivity index (χ1) is 7.57. The van der Waals surface area contributed by atoms with Gasteiger partial charge in [0.1, 0.15) is 0 Å². The fourth-order valence-corrected chi connectivity index (χ4v) is 2.99. The summed E-state index contributed by atoms with van der Waals surface area (Å²) in [6.45, 7) is 4.33. The quantitative estimate of drug-likeness (QED) is 0.529. The number of allylic oxidation sites excluding steroid dienone is 2. The standard InChI is InChI=1S/C14H22O2/c1-14(2)11(12(14)13(15)16-3)9-10-7-5-4-6-8-10/h9,11-12H,4-8H2,1-3H3/t11-,12-/m0/s1. The molecule has 2 heteroatoms. The minimum absolute atomic E-state index is 0.0392. The van der Waals surface area contributed by atoms with Gasteiger partial charge in [0.05, 0.1) is 13.0 Å². The molecule has 2 atom stereocenters. The largest absolute Gasteiger partial charge is 0.469 e. The number of ether oxygens (including phenoxy) is 1. The van der Waals surface area contributed by atoms with E-state index in [1.165, 1.54) is 39.2 Å². The van der Waals surface area contributed by atoms with Gasteiger partial charge in [-0.2, -0.15) is 0 Å². The maximum Gasteiger partial charge on any atom is 0.309 e. The van der Waals surface area contributed by atoms with E-state index in [4.69, 9.17) is 4.74 Å². The molecule has 0 aromatic carbocycles. The lowest BCUT2D eigenvalue weighted by atomic mass is 9.93. The lowest BCUT2D eigenvalue weighted by Gasteiger charge is -2.13. The molecule has 2 saturated carbocycles. The Morgan fingerprint density at radius 2 is 1.94 bits per heavy atom. The van der Waals surface area contributed by atoms with E-state index in [1.54, 1.807) is 5.57 Å². The summed E-state index contributed by atoms with van der Waals surface area (Å²) < 4.78 is 4.86. The van der Waals surface area contributed by atoms with Gasteiger partial charge in [0.25, 0.3) is 0 Å². The molecule has 0 bridgehead atoms. The number of carbonyl (C=O) groups is 1. The molecule has 2 fully saturated rings. The lowest BCUT2D eigenvalue weighted by molar-refractivity contribution is -0.143. The van der Waals surface area contributed by atoms with Crippen LogP contribution in [0.25, 0.3) is 0 Å². The maximum atomic E-state index is 11.6. The highest BCUT2D eigenvalue weighted by molar-refractivity contribution is 5.78. The Balaban J connectivity index is 2.03. The highest BCUT2D eigenvalue weighted by atomic mass is 16.5. The summed E-state index contributed by atoms with van der Waals surface area (Å²) in [6.07, 6.45) is 8.84. The summed E-state index contributed by atoms with van der Waals surface area (Å²) >= 11 is 0. The van der Waals surface area contributed by atoms with Crippen molar-refractivity contribution in [3.05, 3.63) is 11.6 Å². The van der Waals surface area contributed by atoms with Gasteiger partial charge in [-0.25, -0.2) is 0 Å². The van der Waals surface area contributed by atoms with E-state index >= 15 is 0 Å². The predicted molar refractivity (Wildman–Crippen MR) is 63.9 cm³/mol. The van der Waals surface area contributed by atoms with Crippen molar-refractivity contribution in [3.63, 3.8) is 0 Å². The van der Waals surface area contributed by atoms with Crippen LogP contribution in [0, 0.1) is 17.3 Å². The summed E-state index contributed by atoms with van der Waals surface area (Å²) in [5.41, 5.74) is 1.67. The van der Waals surface area contributed by atoms with Gasteiger partial charge >= 0.3 is 5.97 Å². The Morgan fingerprint density at radius 3 is 2.50 bits per heavy atom. The van der Waals surface area contributed by atoms with E-state index in [2.05, 4.69) is 19.9 Å². The van der Waals surface area contributed by atoms with E-state index in [9.17, 15) is 4.79 Å². The second-order valence-corrected chi connectivity index (χ2v) is 5.73. The van der Waals surface area contributed by atoms with E-state index < -0.39 is 0 Å². The molecular weight excluding hydrogens is 200 g/mol. The summed E-state index contributed by atoms with van der Waals surface area (Å²) in [4.78, 5) is 11.6. The van der Waals surface area contributed by atoms with E-state index in [1.807, 2.05) is 0 Å². The molecule has 2 rings (SSSR count). The lowest BCUT2D eigenvalue weighted by Crippen LogP contribution is -2.07. The van der Waals surface area contributed by atoms with Gasteiger partial charge in [-0.1, -0.05) is 31.9 Å². The molecule has 0 aromatic rings. The number of rotatable bonds is 2. The fourth-order valence-electron chi connectivity index (χ4n) is 2.99. The van der Waals surface area contributed by atoms with Crippen LogP contribution in [0.4, 0.5) is 0 Å². The minimum atomic E-state index is -0.0392. The molecule has 0 spiro atoms. The number of hydrogen-bond acceptors (Lipinski definition) is 2. The molecule has 2 nitrogen and oxygen atoms in total. The van der Waals surface area contributed by atoms with Crippen molar-refractivity contribution < 1.29 is 9.53 Å². The molecule has 0 unspecified atom stereocenters. The molecule has 0 heterocycles. The average Bonchev–Trinajstić information content (AvgIpc) is 2.81. The van der Waals surface area contributed by atoms with Gasteiger partial charge < -0.3 is 4.74 Å². The highest BCUT2D eigenvalue weighted by Crippen LogP contribution is 2.60. The van der Waals surface area contributed by atoms with Crippen molar-refractivity contribution in [3.8, 4) is 0 Å². The van der Waals surface area contributed by atoms with Crippen LogP contribution in [0.5, 0.6) is 0 Å². The van der Waals surface area contributed by atoms with Crippen LogP contribution in [-0.2, 0) is 9.53 Å². The summed E-state index contributed by atoms with van der Waals surface area (Å²) in [5, 5.41) is 0. The highest BCUT2D eigenvalue weighted by Gasteiger charge is 2.61. The first-order valence-electron chi connectivity index (χ1n) is 6.34. The van der Waals surface area contributed by atoms with Crippen LogP contribution in [0.15, 0.2) is 11.6 Å². The van der Waals surface area contributed by atoms with Crippen molar-refractivity contribution in [2.24, 2.45) is 17.3 Å². The van der Waals surface area contributed by atoms with E-state index in [-0.39, 0.29) is 17.3 Å². The first-order valence-corrected chi connectivity index (χ1v) is 6.34. The topological polar surface area (TPSA) is 26.3 Å². The van der Waals surface area contributed by atoms with Gasteiger partial charge in [0.2, 0.25) is 0 Å². The number of esters is 1. The predicted octanol–water partition coefficient (Wildman–Crippen LogP) is 3.32. The molecule has 2 aliphatic rings. The van der Waals surface area contributed by atoms with Crippen LogP contribution in [0.2, 0.25) is 0 Å². The Morgan fingerprint density at radius 1 is 1.31 bits per heavy atom. The van der Waals surface area contributed by atoms with Crippen LogP contribution < -0.4 is 0 Å². The van der Waals surface area contributed by atoms with Crippen molar-refractivity contribution in [1.82, 2.24) is 0 Å². The molecule has 0 amide bonds. The van der Waals surface area contributed by atoms with Crippen LogP contribution in [-0.4, -0.2) is 13.1 Å². The molecule has 90 valence electrons. The fraction of sp³-hybridized carbons (Fsp3) is 0.786. The molecule has 16 heavy (non-hydrogen) atoms. The third-order valence-electron chi connectivity index (χ3n) is 4.28. The van der Waals surface area contributed by atoms with Gasteiger partial charge in [0, 0.05) is 0 Å². The molecule has 0 saturated heterocycles. The summed E-state index contributed by atoms with van der Waals surface area (Å²) in [5.74, 6) is 0.461. The van der Waals surface area contributed by atoms with Gasteiger partial charge in [-0.05, 0) is 37.0 Å².